The van der Waals surface area contributed by atoms with Crippen molar-refractivity contribution in [2.45, 2.75) is 40.2 Å². The molecule has 3 nitrogen and oxygen atoms in total. The number of pyridine rings is 1. The van der Waals surface area contributed by atoms with Crippen LogP contribution < -0.4 is 10.2 Å². The lowest BCUT2D eigenvalue weighted by molar-refractivity contribution is 0.731. The first kappa shape index (κ1) is 14.0. The zero-order valence-electron chi connectivity index (χ0n) is 11.6. The van der Waals surface area contributed by atoms with Crippen molar-refractivity contribution < 1.29 is 0 Å². The predicted molar refractivity (Wildman–Crippen MR) is 74.5 cm³/mol. The molecule has 1 aromatic rings. The highest BCUT2D eigenvalue weighted by Crippen LogP contribution is 2.16. The summed E-state index contributed by atoms with van der Waals surface area (Å²) < 4.78 is 0. The van der Waals surface area contributed by atoms with Crippen LogP contribution in [0, 0.1) is 6.92 Å². The van der Waals surface area contributed by atoms with Crippen LogP contribution in [0.5, 0.6) is 0 Å². The molecule has 0 atom stereocenters. The van der Waals surface area contributed by atoms with E-state index in [9.17, 15) is 0 Å². The third kappa shape index (κ3) is 4.00. The fraction of sp³-hybridized carbons (Fsp3) is 0.643. The number of nitrogens with zero attached hydrogens (tertiary/aromatic N) is 2. The van der Waals surface area contributed by atoms with Crippen LogP contribution in [0.1, 0.15) is 37.8 Å². The Kier molecular flexibility index (Phi) is 5.98. The number of aryl methyl sites for hydroxylation is 1. The van der Waals surface area contributed by atoms with E-state index in [1.165, 1.54) is 24.0 Å². The largest absolute Gasteiger partial charge is 0.357 e. The molecule has 0 aliphatic heterocycles. The second-order valence-corrected chi connectivity index (χ2v) is 4.49. The molecule has 0 saturated heterocycles. The summed E-state index contributed by atoms with van der Waals surface area (Å²) in [6.45, 7) is 9.65. The molecular formula is C14H25N3. The Bertz CT molecular complexity index is 330. The van der Waals surface area contributed by atoms with Crippen molar-refractivity contribution in [1.29, 1.82) is 0 Å². The van der Waals surface area contributed by atoms with E-state index in [1.54, 1.807) is 0 Å². The van der Waals surface area contributed by atoms with Gasteiger partial charge in [-0.25, -0.2) is 4.98 Å². The fourth-order valence-electron chi connectivity index (χ4n) is 2.00. The van der Waals surface area contributed by atoms with Gasteiger partial charge in [0.15, 0.2) is 0 Å². The van der Waals surface area contributed by atoms with Crippen molar-refractivity contribution in [1.82, 2.24) is 10.3 Å². The minimum Gasteiger partial charge on any atom is -0.357 e. The minimum absolute atomic E-state index is 0.890. The van der Waals surface area contributed by atoms with E-state index in [0.29, 0.717) is 0 Å². The Hall–Kier alpha value is -1.09. The first-order valence-electron chi connectivity index (χ1n) is 6.58. The van der Waals surface area contributed by atoms with Crippen LogP contribution in [0.2, 0.25) is 0 Å². The molecule has 0 unspecified atom stereocenters. The molecule has 0 radical (unpaired) electrons. The van der Waals surface area contributed by atoms with Crippen LogP contribution in [0.25, 0.3) is 0 Å². The third-order valence-corrected chi connectivity index (χ3v) is 2.88. The van der Waals surface area contributed by atoms with E-state index >= 15 is 0 Å². The monoisotopic (exact) mass is 235 g/mol. The molecule has 0 amide bonds. The lowest BCUT2D eigenvalue weighted by atomic mass is 10.1. The maximum Gasteiger partial charge on any atom is 0.128 e. The molecule has 1 rings (SSSR count). The molecular weight excluding hydrogens is 210 g/mol. The van der Waals surface area contributed by atoms with Crippen LogP contribution in [0.15, 0.2) is 12.3 Å². The quantitative estimate of drug-likeness (QED) is 0.787. The molecule has 0 bridgehead atoms. The van der Waals surface area contributed by atoms with Gasteiger partial charge in [-0.05, 0) is 44.0 Å². The highest BCUT2D eigenvalue weighted by atomic mass is 15.2. The first-order valence-corrected chi connectivity index (χ1v) is 6.58. The first-order chi connectivity index (χ1) is 8.22. The summed E-state index contributed by atoms with van der Waals surface area (Å²) in [7, 11) is 1.97. The average molecular weight is 235 g/mol. The van der Waals surface area contributed by atoms with E-state index in [1.807, 2.05) is 13.2 Å². The van der Waals surface area contributed by atoms with Gasteiger partial charge in [0.1, 0.15) is 5.82 Å². The topological polar surface area (TPSA) is 28.2 Å². The van der Waals surface area contributed by atoms with Crippen LogP contribution in [-0.2, 0) is 6.54 Å². The molecule has 17 heavy (non-hydrogen) atoms. The fourth-order valence-corrected chi connectivity index (χ4v) is 2.00. The number of hydrogen-bond donors (Lipinski definition) is 1. The zero-order chi connectivity index (χ0) is 12.7. The van der Waals surface area contributed by atoms with E-state index in [4.69, 9.17) is 0 Å². The number of hydrogen-bond acceptors (Lipinski definition) is 3. The number of rotatable bonds is 7. The molecule has 0 aromatic carbocycles. The molecule has 0 aliphatic rings. The summed E-state index contributed by atoms with van der Waals surface area (Å²) in [5.41, 5.74) is 2.60. The Morgan fingerprint density at radius 1 is 1.24 bits per heavy atom. The summed E-state index contributed by atoms with van der Waals surface area (Å²) in [5, 5.41) is 3.17. The second kappa shape index (κ2) is 7.28. The normalized spacial score (nSPS) is 10.6. The van der Waals surface area contributed by atoms with Gasteiger partial charge in [0, 0.05) is 25.8 Å². The summed E-state index contributed by atoms with van der Waals surface area (Å²) in [6.07, 6.45) is 4.33. The molecule has 1 heterocycles. The van der Waals surface area contributed by atoms with Crippen LogP contribution in [0.3, 0.4) is 0 Å². The molecule has 0 fully saturated rings. The number of aromatic nitrogens is 1. The Morgan fingerprint density at radius 2 is 1.88 bits per heavy atom. The number of anilines is 1. The Labute approximate surface area is 105 Å². The molecule has 3 heteroatoms. The molecule has 96 valence electrons. The SMILES string of the molecule is CCCN(CCC)c1cc(C)c(CNC)cn1. The third-order valence-electron chi connectivity index (χ3n) is 2.88. The molecule has 0 saturated carbocycles. The van der Waals surface area contributed by atoms with Gasteiger partial charge in [0.2, 0.25) is 0 Å². The van der Waals surface area contributed by atoms with Gasteiger partial charge in [-0.15, -0.1) is 0 Å². The van der Waals surface area contributed by atoms with E-state index in [-0.39, 0.29) is 0 Å². The summed E-state index contributed by atoms with van der Waals surface area (Å²) in [4.78, 5) is 6.95. The van der Waals surface area contributed by atoms with Gasteiger partial charge in [-0.1, -0.05) is 13.8 Å². The minimum atomic E-state index is 0.890. The van der Waals surface area contributed by atoms with Gasteiger partial charge < -0.3 is 10.2 Å². The molecule has 0 spiro atoms. The number of nitrogens with one attached hydrogen (secondary N) is 1. The Morgan fingerprint density at radius 3 is 2.35 bits per heavy atom. The van der Waals surface area contributed by atoms with E-state index in [2.05, 4.69) is 42.0 Å². The van der Waals surface area contributed by atoms with E-state index < -0.39 is 0 Å². The van der Waals surface area contributed by atoms with Crippen molar-refractivity contribution in [3.05, 3.63) is 23.4 Å². The summed E-state index contributed by atoms with van der Waals surface area (Å²) in [5.74, 6) is 1.12. The van der Waals surface area contributed by atoms with Gasteiger partial charge >= 0.3 is 0 Å². The molecule has 1 aromatic heterocycles. The van der Waals surface area contributed by atoms with E-state index in [0.717, 1.165) is 25.5 Å². The highest BCUT2D eigenvalue weighted by molar-refractivity contribution is 5.43. The average Bonchev–Trinajstić information content (AvgIpc) is 2.32. The van der Waals surface area contributed by atoms with Gasteiger partial charge in [-0.2, -0.15) is 0 Å². The second-order valence-electron chi connectivity index (χ2n) is 4.49. The van der Waals surface area contributed by atoms with Crippen LogP contribution in [0.4, 0.5) is 5.82 Å². The smallest absolute Gasteiger partial charge is 0.128 e. The standard InChI is InChI=1S/C14H25N3/c1-5-7-17(8-6-2)14-9-12(3)13(10-15-4)11-16-14/h9,11,15H,5-8,10H2,1-4H3. The predicted octanol–water partition coefficient (Wildman–Crippen LogP) is 2.74. The zero-order valence-corrected chi connectivity index (χ0v) is 11.6. The van der Waals surface area contributed by atoms with Crippen LogP contribution in [-0.4, -0.2) is 25.1 Å². The molecule has 0 aliphatic carbocycles. The van der Waals surface area contributed by atoms with Gasteiger partial charge in [0.25, 0.3) is 0 Å². The van der Waals surface area contributed by atoms with Crippen molar-refractivity contribution in [3.63, 3.8) is 0 Å². The lowest BCUT2D eigenvalue weighted by Crippen LogP contribution is -2.26. The summed E-state index contributed by atoms with van der Waals surface area (Å²) >= 11 is 0. The maximum absolute atomic E-state index is 4.58. The van der Waals surface area contributed by atoms with Gasteiger partial charge in [-0.3, -0.25) is 0 Å². The van der Waals surface area contributed by atoms with Gasteiger partial charge in [0.05, 0.1) is 0 Å². The van der Waals surface area contributed by atoms with Crippen molar-refractivity contribution in [2.75, 3.05) is 25.0 Å². The molecule has 1 N–H and O–H groups in total. The summed E-state index contributed by atoms with van der Waals surface area (Å²) in [6, 6.07) is 2.21. The van der Waals surface area contributed by atoms with Crippen molar-refractivity contribution >= 4 is 5.82 Å². The van der Waals surface area contributed by atoms with Crippen molar-refractivity contribution in [3.8, 4) is 0 Å². The highest BCUT2D eigenvalue weighted by Gasteiger charge is 2.07. The lowest BCUT2D eigenvalue weighted by Gasteiger charge is -2.23. The maximum atomic E-state index is 4.58. The Balaban J connectivity index is 2.85. The van der Waals surface area contributed by atoms with Crippen LogP contribution >= 0.6 is 0 Å². The van der Waals surface area contributed by atoms with Crippen molar-refractivity contribution in [2.24, 2.45) is 0 Å².